The number of benzene rings is 2. The lowest BCUT2D eigenvalue weighted by Gasteiger charge is -2.52. The summed E-state index contributed by atoms with van der Waals surface area (Å²) in [6.07, 6.45) is -4.46. The summed E-state index contributed by atoms with van der Waals surface area (Å²) in [4.78, 5) is 26.4. The quantitative estimate of drug-likeness (QED) is 0.489. The van der Waals surface area contributed by atoms with E-state index < -0.39 is 29.0 Å². The molecular formula is C27H27F4N5O. The first kappa shape index (κ1) is 25.1. The molecule has 5 rings (SSSR count). The second kappa shape index (κ2) is 8.79. The Hall–Kier alpha value is -3.53. The molecule has 3 heterocycles. The number of anilines is 2. The molecule has 1 N–H and O–H groups in total. The van der Waals surface area contributed by atoms with E-state index in [1.165, 1.54) is 24.0 Å². The van der Waals surface area contributed by atoms with Gasteiger partial charge in [0, 0.05) is 18.7 Å². The number of hydrogen-bond donors (Lipinski definition) is 1. The van der Waals surface area contributed by atoms with Gasteiger partial charge >= 0.3 is 6.18 Å². The highest BCUT2D eigenvalue weighted by Crippen LogP contribution is 2.44. The molecule has 0 saturated carbocycles. The number of halogens is 4. The van der Waals surface area contributed by atoms with Gasteiger partial charge in [0.2, 0.25) is 5.91 Å². The highest BCUT2D eigenvalue weighted by molar-refractivity contribution is 6.04. The molecule has 6 nitrogen and oxygen atoms in total. The highest BCUT2D eigenvalue weighted by atomic mass is 19.4. The van der Waals surface area contributed by atoms with Crippen molar-refractivity contribution in [2.75, 3.05) is 30.4 Å². The average Bonchev–Trinajstić information content (AvgIpc) is 2.80. The zero-order valence-corrected chi connectivity index (χ0v) is 20.9. The molecule has 10 heteroatoms. The number of alkyl halides is 3. The number of aryl methyl sites for hydroxylation is 1. The van der Waals surface area contributed by atoms with E-state index in [0.717, 1.165) is 6.07 Å². The monoisotopic (exact) mass is 513 g/mol. The fourth-order valence-electron chi connectivity index (χ4n) is 5.59. The van der Waals surface area contributed by atoms with Crippen LogP contribution in [-0.2, 0) is 22.9 Å². The molecule has 1 fully saturated rings. The van der Waals surface area contributed by atoms with Crippen LogP contribution in [0, 0.1) is 19.7 Å². The van der Waals surface area contributed by atoms with Crippen molar-refractivity contribution >= 4 is 17.4 Å². The molecule has 0 bridgehead atoms. The molecule has 2 aliphatic rings. The van der Waals surface area contributed by atoms with E-state index >= 15 is 0 Å². The number of amides is 1. The zero-order chi connectivity index (χ0) is 26.7. The van der Waals surface area contributed by atoms with Crippen molar-refractivity contribution in [2.24, 2.45) is 0 Å². The fraction of sp³-hybridized carbons (Fsp3) is 0.370. The maximum absolute atomic E-state index is 14.8. The maximum atomic E-state index is 14.8. The maximum Gasteiger partial charge on any atom is 0.416 e. The van der Waals surface area contributed by atoms with Crippen LogP contribution in [0.2, 0.25) is 0 Å². The summed E-state index contributed by atoms with van der Waals surface area (Å²) in [6, 6.07) is 9.68. The van der Waals surface area contributed by atoms with Gasteiger partial charge in [0.15, 0.2) is 0 Å². The van der Waals surface area contributed by atoms with Gasteiger partial charge in [-0.15, -0.1) is 0 Å². The Kier molecular flexibility index (Phi) is 5.97. The lowest BCUT2D eigenvalue weighted by Crippen LogP contribution is -2.68. The van der Waals surface area contributed by atoms with E-state index in [1.54, 1.807) is 38.1 Å². The first-order valence-electron chi connectivity index (χ1n) is 12.0. The van der Waals surface area contributed by atoms with Crippen LogP contribution in [0.5, 0.6) is 0 Å². The van der Waals surface area contributed by atoms with E-state index in [1.807, 2.05) is 11.9 Å². The second-order valence-corrected chi connectivity index (χ2v) is 9.93. The molecule has 0 radical (unpaired) electrons. The minimum atomic E-state index is -4.46. The van der Waals surface area contributed by atoms with Crippen molar-refractivity contribution in [3.8, 4) is 0 Å². The topological polar surface area (TPSA) is 61.4 Å². The molecule has 0 unspecified atom stereocenters. The van der Waals surface area contributed by atoms with Crippen molar-refractivity contribution in [1.82, 2.24) is 14.9 Å². The van der Waals surface area contributed by atoms with Crippen LogP contribution in [0.15, 0.2) is 42.5 Å². The van der Waals surface area contributed by atoms with Crippen molar-refractivity contribution in [1.29, 1.82) is 0 Å². The van der Waals surface area contributed by atoms with Crippen molar-refractivity contribution in [3.05, 3.63) is 82.1 Å². The van der Waals surface area contributed by atoms with Crippen molar-refractivity contribution in [3.63, 3.8) is 0 Å². The number of para-hydroxylation sites is 1. The zero-order valence-electron chi connectivity index (χ0n) is 20.9. The molecular weight excluding hydrogens is 486 g/mol. The van der Waals surface area contributed by atoms with Crippen LogP contribution in [-0.4, -0.2) is 40.9 Å². The van der Waals surface area contributed by atoms with Crippen LogP contribution in [0.4, 0.5) is 29.1 Å². The van der Waals surface area contributed by atoms with E-state index in [0.29, 0.717) is 41.6 Å². The summed E-state index contributed by atoms with van der Waals surface area (Å²) in [5.41, 5.74) is 0.368. The van der Waals surface area contributed by atoms with Crippen LogP contribution < -0.4 is 10.2 Å². The lowest BCUT2D eigenvalue weighted by molar-refractivity contribution is -0.138. The number of fused-ring (bicyclic) bond motifs is 2. The van der Waals surface area contributed by atoms with Crippen LogP contribution in [0.25, 0.3) is 0 Å². The number of likely N-dealkylation sites (tertiary alicyclic amines) is 1. The number of rotatable bonds is 4. The largest absolute Gasteiger partial charge is 0.416 e. The first-order chi connectivity index (χ1) is 17.4. The minimum Gasteiger partial charge on any atom is -0.363 e. The SMILES string of the molecule is Cc1nc(N[C@H](C)c2cccc(C(F)(F)F)c2C)c2c(n1)C1(CN(C)C1)C(=O)N(c1ccccc1F)C2. The average molecular weight is 514 g/mol. The summed E-state index contributed by atoms with van der Waals surface area (Å²) >= 11 is 0. The standard InChI is InChI=1S/C27H27F4N5O/c1-15-18(8-7-9-20(15)27(29,30)31)16(2)32-24-19-12-36(22-11-6-5-10-21(22)28)25(37)26(13-35(4)14-26)23(19)33-17(3)34-24/h5-11,16H,12-14H2,1-4H3,(H,32,33,34)/t16-/m1/s1. The van der Waals surface area contributed by atoms with E-state index in [4.69, 9.17) is 0 Å². The molecule has 1 aromatic heterocycles. The van der Waals surface area contributed by atoms with Gasteiger partial charge in [-0.05, 0) is 57.1 Å². The number of carbonyl (C=O) groups excluding carboxylic acids is 1. The van der Waals surface area contributed by atoms with Crippen LogP contribution in [0.3, 0.4) is 0 Å². The highest BCUT2D eigenvalue weighted by Gasteiger charge is 2.56. The number of nitrogens with one attached hydrogen (secondary N) is 1. The van der Waals surface area contributed by atoms with Crippen molar-refractivity contribution in [2.45, 2.75) is 44.9 Å². The van der Waals surface area contributed by atoms with Gasteiger partial charge in [0.05, 0.1) is 29.5 Å². The molecule has 0 aliphatic carbocycles. The Labute approximate surface area is 212 Å². The van der Waals surface area contributed by atoms with Gasteiger partial charge in [-0.2, -0.15) is 13.2 Å². The summed E-state index contributed by atoms with van der Waals surface area (Å²) in [7, 11) is 1.89. The van der Waals surface area contributed by atoms with E-state index in [2.05, 4.69) is 15.3 Å². The molecule has 2 aromatic carbocycles. The van der Waals surface area contributed by atoms with Crippen LogP contribution >= 0.6 is 0 Å². The predicted molar refractivity (Wildman–Crippen MR) is 132 cm³/mol. The Morgan fingerprint density at radius 3 is 2.41 bits per heavy atom. The van der Waals surface area contributed by atoms with Gasteiger partial charge < -0.3 is 15.1 Å². The molecule has 1 amide bonds. The molecule has 1 saturated heterocycles. The van der Waals surface area contributed by atoms with Crippen molar-refractivity contribution < 1.29 is 22.4 Å². The Morgan fingerprint density at radius 2 is 1.76 bits per heavy atom. The predicted octanol–water partition coefficient (Wildman–Crippen LogP) is 5.15. The summed E-state index contributed by atoms with van der Waals surface area (Å²) in [5, 5.41) is 3.28. The smallest absolute Gasteiger partial charge is 0.363 e. The molecule has 194 valence electrons. The minimum absolute atomic E-state index is 0.0392. The summed E-state index contributed by atoms with van der Waals surface area (Å²) < 4.78 is 55.4. The molecule has 37 heavy (non-hydrogen) atoms. The van der Waals surface area contributed by atoms with Crippen LogP contribution in [0.1, 0.15) is 46.7 Å². The third-order valence-corrected chi connectivity index (χ3v) is 7.27. The number of aromatic nitrogens is 2. The van der Waals surface area contributed by atoms with E-state index in [-0.39, 0.29) is 23.7 Å². The Bertz CT molecular complexity index is 1380. The summed E-state index contributed by atoms with van der Waals surface area (Å²) in [6.45, 7) is 5.81. The molecule has 2 aliphatic heterocycles. The van der Waals surface area contributed by atoms with Gasteiger partial charge in [0.25, 0.3) is 0 Å². The second-order valence-electron chi connectivity index (χ2n) is 9.93. The number of carbonyl (C=O) groups is 1. The first-order valence-corrected chi connectivity index (χ1v) is 12.0. The summed E-state index contributed by atoms with van der Waals surface area (Å²) in [5.74, 6) is 0.122. The van der Waals surface area contributed by atoms with Gasteiger partial charge in [0.1, 0.15) is 22.9 Å². The van der Waals surface area contributed by atoms with Gasteiger partial charge in [-0.3, -0.25) is 4.79 Å². The normalized spacial score (nSPS) is 17.9. The Morgan fingerprint density at radius 1 is 1.05 bits per heavy atom. The number of likely N-dealkylation sites (N-methyl/N-ethyl adjacent to an activating group) is 1. The number of hydrogen-bond acceptors (Lipinski definition) is 5. The third-order valence-electron chi connectivity index (χ3n) is 7.27. The molecule has 1 atom stereocenters. The molecule has 1 spiro atoms. The Balaban J connectivity index is 1.60. The molecule has 3 aromatic rings. The fourth-order valence-corrected chi connectivity index (χ4v) is 5.59. The third kappa shape index (κ3) is 4.13. The number of nitrogens with zero attached hydrogens (tertiary/aromatic N) is 4. The van der Waals surface area contributed by atoms with E-state index in [9.17, 15) is 22.4 Å². The lowest BCUT2D eigenvalue weighted by atomic mass is 9.71. The van der Waals surface area contributed by atoms with Gasteiger partial charge in [-0.25, -0.2) is 14.4 Å². The van der Waals surface area contributed by atoms with Gasteiger partial charge in [-0.1, -0.05) is 24.3 Å².